The minimum absolute atomic E-state index is 0.577. The van der Waals surface area contributed by atoms with Gasteiger partial charge in [0.2, 0.25) is 0 Å². The van der Waals surface area contributed by atoms with E-state index in [0.29, 0.717) is 17.8 Å². The molecule has 0 N–H and O–H groups in total. The minimum atomic E-state index is -2.65. The van der Waals surface area contributed by atoms with Crippen molar-refractivity contribution < 1.29 is 8.63 Å². The van der Waals surface area contributed by atoms with Gasteiger partial charge in [-0.05, 0) is 101 Å². The number of allylic oxidation sites excluding steroid dienone is 2. The Labute approximate surface area is 222 Å². The Hall–Kier alpha value is -3.73. The van der Waals surface area contributed by atoms with E-state index in [1.165, 1.54) is 31.6 Å². The summed E-state index contributed by atoms with van der Waals surface area (Å²) in [5, 5.41) is 6.97. The first-order valence-corrected chi connectivity index (χ1v) is 13.4. The van der Waals surface area contributed by atoms with E-state index < -0.39 is 7.40 Å². The molecule has 38 heavy (non-hydrogen) atoms. The van der Waals surface area contributed by atoms with Crippen molar-refractivity contribution in [1.29, 1.82) is 0 Å². The standard InChI is InChI=1S/C33H31BF2N2/c1-7-25-18(3)32(37-20(25)5)31(33-19(4)26(8-2)21(6)38(33)34(35)36)28-17-15-24-13-12-22-10-9-11-23-14-16-27(28)30(24)29(22)23/h9-17H,7-8H2,1-6H3/b32-31-. The highest BCUT2D eigenvalue weighted by Crippen LogP contribution is 2.45. The maximum atomic E-state index is 14.8. The van der Waals surface area contributed by atoms with Gasteiger partial charge in [-0.2, -0.15) is 0 Å². The third-order valence-corrected chi connectivity index (χ3v) is 8.54. The molecule has 0 aliphatic carbocycles. The van der Waals surface area contributed by atoms with Crippen LogP contribution in [0.2, 0.25) is 0 Å². The lowest BCUT2D eigenvalue weighted by atomic mass is 9.86. The van der Waals surface area contributed by atoms with Gasteiger partial charge in [0.25, 0.3) is 0 Å². The fourth-order valence-corrected chi connectivity index (χ4v) is 6.80. The van der Waals surface area contributed by atoms with Crippen molar-refractivity contribution in [1.82, 2.24) is 4.48 Å². The molecule has 0 bridgehead atoms. The van der Waals surface area contributed by atoms with E-state index in [-0.39, 0.29) is 0 Å². The zero-order valence-electron chi connectivity index (χ0n) is 22.8. The molecule has 0 amide bonds. The number of halogens is 2. The Balaban J connectivity index is 1.82. The molecular weight excluding hydrogens is 473 g/mol. The van der Waals surface area contributed by atoms with Crippen molar-refractivity contribution in [3.05, 3.63) is 99.5 Å². The van der Waals surface area contributed by atoms with Crippen LogP contribution in [-0.4, -0.2) is 17.6 Å². The number of hydrogen-bond acceptors (Lipinski definition) is 1. The first kappa shape index (κ1) is 24.6. The van der Waals surface area contributed by atoms with Crippen LogP contribution in [0.15, 0.2) is 76.4 Å². The van der Waals surface area contributed by atoms with E-state index in [1.54, 1.807) is 0 Å². The summed E-state index contributed by atoms with van der Waals surface area (Å²) in [6, 6.07) is 19.2. The topological polar surface area (TPSA) is 17.3 Å². The van der Waals surface area contributed by atoms with Gasteiger partial charge in [0, 0.05) is 22.7 Å². The zero-order valence-corrected chi connectivity index (χ0v) is 22.8. The van der Waals surface area contributed by atoms with Crippen LogP contribution in [0, 0.1) is 13.8 Å². The molecule has 0 saturated heterocycles. The Morgan fingerprint density at radius 2 is 1.45 bits per heavy atom. The average Bonchev–Trinajstić information content (AvgIpc) is 3.33. The number of rotatable bonds is 5. The Bertz CT molecular complexity index is 1840. The lowest BCUT2D eigenvalue weighted by Crippen LogP contribution is -2.18. The number of aliphatic imine (C=N–C) groups is 1. The molecule has 1 aliphatic heterocycles. The lowest BCUT2D eigenvalue weighted by Gasteiger charge is -2.20. The van der Waals surface area contributed by atoms with Crippen molar-refractivity contribution in [2.75, 3.05) is 0 Å². The van der Waals surface area contributed by atoms with Crippen LogP contribution < -0.4 is 0 Å². The third kappa shape index (κ3) is 3.34. The van der Waals surface area contributed by atoms with Crippen molar-refractivity contribution in [3.63, 3.8) is 0 Å². The van der Waals surface area contributed by atoms with Gasteiger partial charge < -0.3 is 4.48 Å². The smallest absolute Gasteiger partial charge is 0.329 e. The molecule has 5 aromatic rings. The molecule has 6 rings (SSSR count). The highest BCUT2D eigenvalue weighted by Gasteiger charge is 2.33. The largest absolute Gasteiger partial charge is 0.677 e. The molecule has 2 heterocycles. The second-order valence-corrected chi connectivity index (χ2v) is 10.4. The first-order valence-electron chi connectivity index (χ1n) is 13.4. The summed E-state index contributed by atoms with van der Waals surface area (Å²) in [5.74, 6) is 0. The fraction of sp³-hybridized carbons (Fsp3) is 0.242. The highest BCUT2D eigenvalue weighted by molar-refractivity contribution is 6.42. The molecule has 1 aromatic heterocycles. The van der Waals surface area contributed by atoms with Crippen LogP contribution in [-0.2, 0) is 6.42 Å². The zero-order chi connectivity index (χ0) is 26.9. The summed E-state index contributed by atoms with van der Waals surface area (Å²) < 4.78 is 30.9. The molecule has 2 nitrogen and oxygen atoms in total. The molecule has 0 fully saturated rings. The predicted molar refractivity (Wildman–Crippen MR) is 159 cm³/mol. The molecule has 0 spiro atoms. The molecular formula is C33H31BF2N2. The van der Waals surface area contributed by atoms with Gasteiger partial charge in [-0.3, -0.25) is 13.6 Å². The highest BCUT2D eigenvalue weighted by atomic mass is 19.2. The average molecular weight is 504 g/mol. The normalized spacial score (nSPS) is 15.4. The monoisotopic (exact) mass is 504 g/mol. The first-order chi connectivity index (χ1) is 18.3. The van der Waals surface area contributed by atoms with Crippen molar-refractivity contribution in [3.8, 4) is 0 Å². The fourth-order valence-electron chi connectivity index (χ4n) is 6.80. The molecule has 0 atom stereocenters. The van der Waals surface area contributed by atoms with Gasteiger partial charge in [-0.15, -0.1) is 0 Å². The molecule has 0 unspecified atom stereocenters. The second kappa shape index (κ2) is 8.94. The Kier molecular flexibility index (Phi) is 5.79. The quantitative estimate of drug-likeness (QED) is 0.168. The summed E-state index contributed by atoms with van der Waals surface area (Å²) in [5.41, 5.74) is 8.87. The minimum Gasteiger partial charge on any atom is -0.329 e. The van der Waals surface area contributed by atoms with E-state index in [2.05, 4.69) is 68.4 Å². The van der Waals surface area contributed by atoms with E-state index in [9.17, 15) is 8.63 Å². The second-order valence-electron chi connectivity index (χ2n) is 10.4. The molecule has 190 valence electrons. The summed E-state index contributed by atoms with van der Waals surface area (Å²) in [6.45, 7) is 12.1. The maximum Gasteiger partial charge on any atom is 0.677 e. The number of benzene rings is 4. The van der Waals surface area contributed by atoms with Crippen LogP contribution in [0.5, 0.6) is 0 Å². The lowest BCUT2D eigenvalue weighted by molar-refractivity contribution is 0.623. The summed E-state index contributed by atoms with van der Waals surface area (Å²) in [4.78, 5) is 5.05. The third-order valence-electron chi connectivity index (χ3n) is 8.54. The van der Waals surface area contributed by atoms with Crippen LogP contribution in [0.25, 0.3) is 37.9 Å². The predicted octanol–water partition coefficient (Wildman–Crippen LogP) is 9.30. The SMILES string of the molecule is CCC1=C(C)/C(=C(\c2ccc3ccc4cccc5ccc2c3c45)c2c(C)c(CC)c(C)n2B(F)F)N=C1C. The molecule has 4 aromatic carbocycles. The summed E-state index contributed by atoms with van der Waals surface area (Å²) in [6.07, 6.45) is 1.55. The van der Waals surface area contributed by atoms with E-state index in [1.807, 2.05) is 27.7 Å². The molecule has 1 aliphatic rings. The van der Waals surface area contributed by atoms with Gasteiger partial charge in [0.15, 0.2) is 0 Å². The Morgan fingerprint density at radius 1 is 0.816 bits per heavy atom. The van der Waals surface area contributed by atoms with E-state index in [0.717, 1.165) is 56.4 Å². The van der Waals surface area contributed by atoms with Gasteiger partial charge in [-0.1, -0.05) is 68.4 Å². The number of hydrogen-bond donors (Lipinski definition) is 0. The molecule has 0 radical (unpaired) electrons. The molecule has 5 heteroatoms. The van der Waals surface area contributed by atoms with Gasteiger partial charge >= 0.3 is 7.40 Å². The summed E-state index contributed by atoms with van der Waals surface area (Å²) >= 11 is 0. The van der Waals surface area contributed by atoms with Crippen LogP contribution in [0.3, 0.4) is 0 Å². The number of nitrogens with zero attached hydrogens (tertiary/aromatic N) is 2. The van der Waals surface area contributed by atoms with Crippen molar-refractivity contribution in [2.45, 2.75) is 54.4 Å². The molecule has 0 saturated carbocycles. The van der Waals surface area contributed by atoms with Crippen molar-refractivity contribution >= 4 is 51.0 Å². The van der Waals surface area contributed by atoms with Crippen LogP contribution >= 0.6 is 0 Å². The van der Waals surface area contributed by atoms with E-state index >= 15 is 0 Å². The van der Waals surface area contributed by atoms with Crippen LogP contribution in [0.1, 0.15) is 62.2 Å². The van der Waals surface area contributed by atoms with Crippen LogP contribution in [0.4, 0.5) is 8.63 Å². The maximum absolute atomic E-state index is 14.8. The van der Waals surface area contributed by atoms with Gasteiger partial charge in [0.1, 0.15) is 0 Å². The summed E-state index contributed by atoms with van der Waals surface area (Å²) in [7, 11) is -2.65. The van der Waals surface area contributed by atoms with Crippen molar-refractivity contribution in [2.24, 2.45) is 4.99 Å². The Morgan fingerprint density at radius 3 is 2.05 bits per heavy atom. The van der Waals surface area contributed by atoms with Gasteiger partial charge in [-0.25, -0.2) is 0 Å². The van der Waals surface area contributed by atoms with E-state index in [4.69, 9.17) is 4.99 Å². The van der Waals surface area contributed by atoms with Gasteiger partial charge in [0.05, 0.1) is 5.70 Å². The number of aromatic nitrogens is 1.